The number of fused-ring (bicyclic) bond motifs is 1. The van der Waals surface area contributed by atoms with Crippen LogP contribution in [0.3, 0.4) is 0 Å². The average molecular weight is 397 g/mol. The van der Waals surface area contributed by atoms with Gasteiger partial charge in [-0.25, -0.2) is 9.97 Å². The molecular formula is C21H18F3N5. The first-order valence-electron chi connectivity index (χ1n) is 8.86. The van der Waals surface area contributed by atoms with Gasteiger partial charge in [0.05, 0.1) is 17.6 Å². The van der Waals surface area contributed by atoms with Gasteiger partial charge in [0.1, 0.15) is 5.82 Å². The van der Waals surface area contributed by atoms with Gasteiger partial charge in [0, 0.05) is 40.2 Å². The predicted molar refractivity (Wildman–Crippen MR) is 107 cm³/mol. The van der Waals surface area contributed by atoms with Crippen LogP contribution < -0.4 is 11.1 Å². The molecule has 2 aromatic carbocycles. The van der Waals surface area contributed by atoms with E-state index in [1.54, 1.807) is 36.0 Å². The lowest BCUT2D eigenvalue weighted by Gasteiger charge is -2.17. The summed E-state index contributed by atoms with van der Waals surface area (Å²) in [5.74, 6) is 0.365. The van der Waals surface area contributed by atoms with E-state index < -0.39 is 11.7 Å². The van der Waals surface area contributed by atoms with E-state index in [0.29, 0.717) is 28.6 Å². The lowest BCUT2D eigenvalue weighted by Crippen LogP contribution is -2.08. The molecule has 8 heteroatoms. The first-order chi connectivity index (χ1) is 13.7. The molecule has 2 aromatic heterocycles. The molecule has 0 fully saturated rings. The molecule has 0 aliphatic rings. The molecule has 0 spiro atoms. The predicted octanol–water partition coefficient (Wildman–Crippen LogP) is 5.38. The number of rotatable bonds is 3. The Bertz CT molecular complexity index is 1210. The SMILES string of the molecule is Cc1cn(-c2cc(Nc3c(C)ccc4c(N)nccc34)cc(C(F)(F)F)c2)cn1. The number of anilines is 3. The van der Waals surface area contributed by atoms with Gasteiger partial charge in [-0.2, -0.15) is 13.2 Å². The second kappa shape index (κ2) is 6.80. The lowest BCUT2D eigenvalue weighted by molar-refractivity contribution is -0.137. The molecule has 0 amide bonds. The van der Waals surface area contributed by atoms with E-state index in [4.69, 9.17) is 5.73 Å². The number of nitrogens with one attached hydrogen (secondary N) is 1. The summed E-state index contributed by atoms with van der Waals surface area (Å²) < 4.78 is 42.1. The van der Waals surface area contributed by atoms with Gasteiger partial charge in [0.2, 0.25) is 0 Å². The molecule has 0 unspecified atom stereocenters. The summed E-state index contributed by atoms with van der Waals surface area (Å²) >= 11 is 0. The van der Waals surface area contributed by atoms with E-state index in [-0.39, 0.29) is 0 Å². The Labute approximate surface area is 165 Å². The number of hydrogen-bond acceptors (Lipinski definition) is 4. The molecule has 0 atom stereocenters. The zero-order valence-electron chi connectivity index (χ0n) is 15.7. The van der Waals surface area contributed by atoms with Crippen LogP contribution in [0.4, 0.5) is 30.4 Å². The minimum Gasteiger partial charge on any atom is -0.383 e. The number of aromatic nitrogens is 3. The number of halogens is 3. The van der Waals surface area contributed by atoms with E-state index in [0.717, 1.165) is 28.5 Å². The minimum atomic E-state index is -4.48. The average Bonchev–Trinajstić information content (AvgIpc) is 3.10. The number of hydrogen-bond donors (Lipinski definition) is 2. The van der Waals surface area contributed by atoms with Crippen LogP contribution in [0.2, 0.25) is 0 Å². The quantitative estimate of drug-likeness (QED) is 0.487. The molecule has 0 saturated heterocycles. The second-order valence-electron chi connectivity index (χ2n) is 6.86. The first kappa shape index (κ1) is 18.8. The van der Waals surface area contributed by atoms with Gasteiger partial charge in [0.15, 0.2) is 0 Å². The smallest absolute Gasteiger partial charge is 0.383 e. The number of nitrogens with zero attached hydrogens (tertiary/aromatic N) is 3. The molecule has 5 nitrogen and oxygen atoms in total. The zero-order valence-corrected chi connectivity index (χ0v) is 15.7. The highest BCUT2D eigenvalue weighted by atomic mass is 19.4. The van der Waals surface area contributed by atoms with E-state index in [1.807, 2.05) is 19.1 Å². The summed E-state index contributed by atoms with van der Waals surface area (Å²) in [4.78, 5) is 8.18. The number of aryl methyl sites for hydroxylation is 2. The highest BCUT2D eigenvalue weighted by molar-refractivity contribution is 6.01. The van der Waals surface area contributed by atoms with Crippen molar-refractivity contribution in [2.24, 2.45) is 0 Å². The van der Waals surface area contributed by atoms with Crippen LogP contribution in [0.1, 0.15) is 16.8 Å². The van der Waals surface area contributed by atoms with Gasteiger partial charge in [-0.1, -0.05) is 12.1 Å². The molecule has 0 radical (unpaired) electrons. The Morgan fingerprint density at radius 1 is 1.00 bits per heavy atom. The van der Waals surface area contributed by atoms with Crippen molar-refractivity contribution in [2.75, 3.05) is 11.1 Å². The number of pyridine rings is 1. The number of benzene rings is 2. The molecule has 0 aliphatic heterocycles. The molecule has 148 valence electrons. The third-order valence-corrected chi connectivity index (χ3v) is 4.71. The summed E-state index contributed by atoms with van der Waals surface area (Å²) in [7, 11) is 0. The molecule has 3 N–H and O–H groups in total. The monoisotopic (exact) mass is 397 g/mol. The third kappa shape index (κ3) is 3.61. The van der Waals surface area contributed by atoms with Crippen LogP contribution in [0, 0.1) is 13.8 Å². The lowest BCUT2D eigenvalue weighted by atomic mass is 10.0. The van der Waals surface area contributed by atoms with Gasteiger partial charge >= 0.3 is 6.18 Å². The van der Waals surface area contributed by atoms with Crippen molar-refractivity contribution in [1.29, 1.82) is 0 Å². The molecule has 0 saturated carbocycles. The number of imidazole rings is 1. The van der Waals surface area contributed by atoms with Crippen LogP contribution >= 0.6 is 0 Å². The Morgan fingerprint density at radius 3 is 2.48 bits per heavy atom. The fourth-order valence-corrected chi connectivity index (χ4v) is 3.26. The van der Waals surface area contributed by atoms with Gasteiger partial charge in [-0.3, -0.25) is 0 Å². The summed E-state index contributed by atoms with van der Waals surface area (Å²) in [5, 5.41) is 4.68. The fraction of sp³-hybridized carbons (Fsp3) is 0.143. The maximum Gasteiger partial charge on any atom is 0.416 e. The van der Waals surface area contributed by atoms with Crippen molar-refractivity contribution < 1.29 is 13.2 Å². The van der Waals surface area contributed by atoms with Crippen molar-refractivity contribution >= 4 is 28.0 Å². The van der Waals surface area contributed by atoms with Crippen molar-refractivity contribution in [1.82, 2.24) is 14.5 Å². The molecule has 0 bridgehead atoms. The Kier molecular flexibility index (Phi) is 4.41. The van der Waals surface area contributed by atoms with Gasteiger partial charge in [-0.15, -0.1) is 0 Å². The Hall–Kier alpha value is -3.55. The molecule has 29 heavy (non-hydrogen) atoms. The summed E-state index contributed by atoms with van der Waals surface area (Å²) in [6.07, 6.45) is 0.261. The van der Waals surface area contributed by atoms with Crippen LogP contribution in [0.25, 0.3) is 16.5 Å². The van der Waals surface area contributed by atoms with Crippen molar-refractivity contribution in [3.8, 4) is 5.69 Å². The fourth-order valence-electron chi connectivity index (χ4n) is 3.26. The van der Waals surface area contributed by atoms with Gasteiger partial charge in [0.25, 0.3) is 0 Å². The van der Waals surface area contributed by atoms with Crippen molar-refractivity contribution in [3.05, 3.63) is 71.9 Å². The summed E-state index contributed by atoms with van der Waals surface area (Å²) in [5.41, 5.74) is 8.15. The zero-order chi connectivity index (χ0) is 20.8. The molecular weight excluding hydrogens is 379 g/mol. The van der Waals surface area contributed by atoms with Crippen LogP contribution in [-0.4, -0.2) is 14.5 Å². The standard InChI is InChI=1S/C21H18F3N5/c1-12-3-4-18-17(5-6-26-20(18)25)19(12)28-15-7-14(21(22,23)24)8-16(9-15)29-10-13(2)27-11-29/h3-11,28H,1-2H3,(H2,25,26). The second-order valence-corrected chi connectivity index (χ2v) is 6.86. The van der Waals surface area contributed by atoms with E-state index >= 15 is 0 Å². The Balaban J connectivity index is 1.87. The summed E-state index contributed by atoms with van der Waals surface area (Å²) in [6, 6.07) is 9.34. The van der Waals surface area contributed by atoms with E-state index in [1.165, 1.54) is 6.33 Å². The maximum absolute atomic E-state index is 13.5. The topological polar surface area (TPSA) is 68.8 Å². The van der Waals surface area contributed by atoms with Gasteiger partial charge in [-0.05, 0) is 43.7 Å². The molecule has 0 aliphatic carbocycles. The van der Waals surface area contributed by atoms with Gasteiger partial charge < -0.3 is 15.6 Å². The number of nitrogens with two attached hydrogens (primary N) is 1. The highest BCUT2D eigenvalue weighted by Gasteiger charge is 2.31. The van der Waals surface area contributed by atoms with E-state index in [9.17, 15) is 13.2 Å². The number of alkyl halides is 3. The van der Waals surface area contributed by atoms with Crippen LogP contribution in [0.15, 0.2) is 55.1 Å². The number of nitrogen functional groups attached to an aromatic ring is 1. The van der Waals surface area contributed by atoms with Crippen LogP contribution in [-0.2, 0) is 6.18 Å². The minimum absolute atomic E-state index is 0.312. The molecule has 2 heterocycles. The maximum atomic E-state index is 13.5. The van der Waals surface area contributed by atoms with Crippen molar-refractivity contribution in [2.45, 2.75) is 20.0 Å². The molecule has 4 aromatic rings. The van der Waals surface area contributed by atoms with Crippen molar-refractivity contribution in [3.63, 3.8) is 0 Å². The first-order valence-corrected chi connectivity index (χ1v) is 8.86. The third-order valence-electron chi connectivity index (χ3n) is 4.71. The van der Waals surface area contributed by atoms with Crippen LogP contribution in [0.5, 0.6) is 0 Å². The van der Waals surface area contributed by atoms with E-state index in [2.05, 4.69) is 15.3 Å². The highest BCUT2D eigenvalue weighted by Crippen LogP contribution is 2.36. The molecule has 4 rings (SSSR count). The largest absolute Gasteiger partial charge is 0.416 e. The summed E-state index contributed by atoms with van der Waals surface area (Å²) in [6.45, 7) is 3.66. The Morgan fingerprint density at radius 2 is 1.79 bits per heavy atom. The normalized spacial score (nSPS) is 11.8.